The van der Waals surface area contributed by atoms with Gasteiger partial charge in [-0.1, -0.05) is 54.6 Å². The van der Waals surface area contributed by atoms with Gasteiger partial charge >= 0.3 is 0 Å². The third kappa shape index (κ3) is 3.71. The maximum atomic E-state index is 13.0. The number of nitrogens with zero attached hydrogens (tertiary/aromatic N) is 2. The summed E-state index contributed by atoms with van der Waals surface area (Å²) in [6.45, 7) is 0. The Bertz CT molecular complexity index is 1120. The Kier molecular flexibility index (Phi) is 5.37. The number of hydrogen-bond acceptors (Lipinski definition) is 5. The third-order valence-electron chi connectivity index (χ3n) is 5.46. The predicted molar refractivity (Wildman–Crippen MR) is 113 cm³/mol. The Balaban J connectivity index is 1.68. The second kappa shape index (κ2) is 8.12. The van der Waals surface area contributed by atoms with E-state index < -0.39 is 17.2 Å². The first-order valence-corrected chi connectivity index (χ1v) is 9.89. The van der Waals surface area contributed by atoms with E-state index >= 15 is 0 Å². The summed E-state index contributed by atoms with van der Waals surface area (Å²) in [5, 5.41) is 13.2. The van der Waals surface area contributed by atoms with Gasteiger partial charge in [0.05, 0.1) is 12.1 Å². The van der Waals surface area contributed by atoms with Crippen LogP contribution in [0.3, 0.4) is 0 Å². The maximum absolute atomic E-state index is 13.0. The molecule has 1 heterocycles. The lowest BCUT2D eigenvalue weighted by Gasteiger charge is -2.24. The molecular formula is C23H24N4O3. The number of amides is 1. The molecule has 1 aromatic heterocycles. The number of aryl methyl sites for hydroxylation is 1. The highest BCUT2D eigenvalue weighted by atomic mass is 16.3. The van der Waals surface area contributed by atoms with Gasteiger partial charge in [0.25, 0.3) is 11.5 Å². The van der Waals surface area contributed by atoms with E-state index in [4.69, 9.17) is 0 Å². The van der Waals surface area contributed by atoms with Crippen molar-refractivity contribution in [2.45, 2.75) is 24.9 Å². The van der Waals surface area contributed by atoms with Crippen LogP contribution in [0.5, 0.6) is 5.75 Å². The van der Waals surface area contributed by atoms with Crippen LogP contribution >= 0.6 is 0 Å². The van der Waals surface area contributed by atoms with E-state index in [1.807, 2.05) is 73.6 Å². The standard InChI is InChI=1S/C23H24N4O3/c1-27(2)19(15-9-4-3-5-10-15)21-25-18(20(28)23(30)26-21)22(29)24-17-13-12-14-8-6-7-11-16(14)17/h3-11,17,19,28H,12-13H2,1-2H3,(H,24,29)(H,25,26,30). The summed E-state index contributed by atoms with van der Waals surface area (Å²) in [5.74, 6) is -0.939. The molecule has 7 nitrogen and oxygen atoms in total. The van der Waals surface area contributed by atoms with Crippen LogP contribution in [0.15, 0.2) is 59.4 Å². The van der Waals surface area contributed by atoms with Crippen molar-refractivity contribution in [3.05, 3.63) is 93.2 Å². The summed E-state index contributed by atoms with van der Waals surface area (Å²) in [7, 11) is 3.72. The van der Waals surface area contributed by atoms with Crippen LogP contribution in [-0.2, 0) is 6.42 Å². The van der Waals surface area contributed by atoms with Gasteiger partial charge in [0, 0.05) is 0 Å². The minimum Gasteiger partial charge on any atom is -0.501 e. The first kappa shape index (κ1) is 19.8. The lowest BCUT2D eigenvalue weighted by molar-refractivity contribution is 0.0927. The van der Waals surface area contributed by atoms with Crippen LogP contribution < -0.4 is 10.9 Å². The Labute approximate surface area is 174 Å². The van der Waals surface area contributed by atoms with Crippen LogP contribution in [0, 0.1) is 0 Å². The normalized spacial score (nSPS) is 16.3. The molecule has 1 aliphatic rings. The fourth-order valence-electron chi connectivity index (χ4n) is 4.04. The molecule has 1 amide bonds. The average Bonchev–Trinajstić information content (AvgIpc) is 3.14. The zero-order valence-electron chi connectivity index (χ0n) is 16.9. The molecule has 7 heteroatoms. The number of aromatic hydroxyl groups is 1. The second-order valence-corrected chi connectivity index (χ2v) is 7.69. The zero-order chi connectivity index (χ0) is 21.3. The number of benzene rings is 2. The topological polar surface area (TPSA) is 98.3 Å². The molecule has 0 fully saturated rings. The fourth-order valence-corrected chi connectivity index (χ4v) is 4.04. The molecule has 3 N–H and O–H groups in total. The number of rotatable bonds is 5. The van der Waals surface area contributed by atoms with Crippen LogP contribution in [0.25, 0.3) is 0 Å². The van der Waals surface area contributed by atoms with Gasteiger partial charge in [-0.25, -0.2) is 4.98 Å². The number of carbonyl (C=O) groups excluding carboxylic acids is 1. The molecule has 1 aliphatic carbocycles. The van der Waals surface area contributed by atoms with E-state index in [0.717, 1.165) is 24.0 Å². The lowest BCUT2D eigenvalue weighted by Crippen LogP contribution is -2.32. The van der Waals surface area contributed by atoms with Crippen molar-refractivity contribution < 1.29 is 9.90 Å². The first-order valence-electron chi connectivity index (χ1n) is 9.89. The smallest absolute Gasteiger partial charge is 0.293 e. The molecule has 4 rings (SSSR count). The van der Waals surface area contributed by atoms with E-state index in [-0.39, 0.29) is 17.8 Å². The number of aromatic amines is 1. The minimum atomic E-state index is -0.736. The van der Waals surface area contributed by atoms with Crippen molar-refractivity contribution in [2.24, 2.45) is 0 Å². The summed E-state index contributed by atoms with van der Waals surface area (Å²) in [6.07, 6.45) is 1.64. The lowest BCUT2D eigenvalue weighted by atomic mass is 10.1. The summed E-state index contributed by atoms with van der Waals surface area (Å²) >= 11 is 0. The van der Waals surface area contributed by atoms with E-state index in [0.29, 0.717) is 5.82 Å². The molecule has 0 aliphatic heterocycles. The Morgan fingerprint density at radius 1 is 1.17 bits per heavy atom. The molecule has 2 aromatic carbocycles. The molecule has 0 bridgehead atoms. The van der Waals surface area contributed by atoms with Crippen LogP contribution in [0.2, 0.25) is 0 Å². The van der Waals surface area contributed by atoms with Gasteiger partial charge in [-0.3, -0.25) is 14.5 Å². The van der Waals surface area contributed by atoms with Crippen molar-refractivity contribution in [3.8, 4) is 5.75 Å². The van der Waals surface area contributed by atoms with E-state index in [1.54, 1.807) is 0 Å². The molecule has 2 unspecified atom stereocenters. The van der Waals surface area contributed by atoms with Crippen LogP contribution in [0.4, 0.5) is 0 Å². The van der Waals surface area contributed by atoms with Gasteiger partial charge < -0.3 is 15.4 Å². The number of aromatic nitrogens is 2. The first-order chi connectivity index (χ1) is 14.5. The summed E-state index contributed by atoms with van der Waals surface area (Å²) < 4.78 is 0. The van der Waals surface area contributed by atoms with Crippen LogP contribution in [0.1, 0.15) is 51.5 Å². The van der Waals surface area contributed by atoms with Crippen molar-refractivity contribution in [1.82, 2.24) is 20.2 Å². The van der Waals surface area contributed by atoms with Crippen molar-refractivity contribution in [2.75, 3.05) is 14.1 Å². The SMILES string of the molecule is CN(C)C(c1ccccc1)c1nc(C(=O)NC2CCc3ccccc32)c(O)c(=O)[nH]1. The van der Waals surface area contributed by atoms with Gasteiger partial charge in [0.2, 0.25) is 5.75 Å². The van der Waals surface area contributed by atoms with E-state index in [1.165, 1.54) is 5.56 Å². The van der Waals surface area contributed by atoms with Gasteiger partial charge in [-0.05, 0) is 43.6 Å². The Morgan fingerprint density at radius 2 is 1.87 bits per heavy atom. The largest absolute Gasteiger partial charge is 0.501 e. The number of carbonyl (C=O) groups is 1. The van der Waals surface area contributed by atoms with Crippen molar-refractivity contribution >= 4 is 5.91 Å². The number of H-pyrrole nitrogens is 1. The quantitative estimate of drug-likeness (QED) is 0.607. The average molecular weight is 404 g/mol. The molecular weight excluding hydrogens is 380 g/mol. The molecule has 0 saturated heterocycles. The van der Waals surface area contributed by atoms with E-state index in [2.05, 4.69) is 15.3 Å². The number of fused-ring (bicyclic) bond motifs is 1. The third-order valence-corrected chi connectivity index (χ3v) is 5.46. The fraction of sp³-hybridized carbons (Fsp3) is 0.261. The van der Waals surface area contributed by atoms with Crippen LogP contribution in [-0.4, -0.2) is 40.0 Å². The maximum Gasteiger partial charge on any atom is 0.293 e. The van der Waals surface area contributed by atoms with Gasteiger partial charge in [0.15, 0.2) is 5.69 Å². The van der Waals surface area contributed by atoms with Gasteiger partial charge in [-0.2, -0.15) is 0 Å². The predicted octanol–water partition coefficient (Wildman–Crippen LogP) is 2.54. The highest BCUT2D eigenvalue weighted by Crippen LogP contribution is 2.31. The van der Waals surface area contributed by atoms with E-state index in [9.17, 15) is 14.7 Å². The molecule has 0 saturated carbocycles. The molecule has 154 valence electrons. The number of nitrogens with one attached hydrogen (secondary N) is 2. The summed E-state index contributed by atoms with van der Waals surface area (Å²) in [5.41, 5.74) is 2.17. The monoisotopic (exact) mass is 404 g/mol. The Morgan fingerprint density at radius 3 is 2.60 bits per heavy atom. The second-order valence-electron chi connectivity index (χ2n) is 7.69. The zero-order valence-corrected chi connectivity index (χ0v) is 16.9. The van der Waals surface area contributed by atoms with Crippen molar-refractivity contribution in [3.63, 3.8) is 0 Å². The summed E-state index contributed by atoms with van der Waals surface area (Å²) in [4.78, 5) is 34.3. The molecule has 3 aromatic rings. The van der Waals surface area contributed by atoms with Gasteiger partial charge in [0.1, 0.15) is 5.82 Å². The van der Waals surface area contributed by atoms with Gasteiger partial charge in [-0.15, -0.1) is 0 Å². The molecule has 30 heavy (non-hydrogen) atoms. The Hall–Kier alpha value is -3.45. The highest BCUT2D eigenvalue weighted by molar-refractivity contribution is 5.95. The molecule has 0 spiro atoms. The van der Waals surface area contributed by atoms with Crippen molar-refractivity contribution in [1.29, 1.82) is 0 Å². The molecule has 0 radical (unpaired) electrons. The highest BCUT2D eigenvalue weighted by Gasteiger charge is 2.28. The number of hydrogen-bond donors (Lipinski definition) is 3. The minimum absolute atomic E-state index is 0.170. The summed E-state index contributed by atoms with van der Waals surface area (Å²) in [6, 6.07) is 16.9. The molecule has 2 atom stereocenters.